The van der Waals surface area contributed by atoms with E-state index in [4.69, 9.17) is 5.73 Å². The van der Waals surface area contributed by atoms with E-state index < -0.39 is 0 Å². The van der Waals surface area contributed by atoms with Crippen LogP contribution in [-0.2, 0) is 6.54 Å². The minimum absolute atomic E-state index is 0.486. The van der Waals surface area contributed by atoms with Gasteiger partial charge in [-0.05, 0) is 25.8 Å². The summed E-state index contributed by atoms with van der Waals surface area (Å²) >= 11 is 0. The van der Waals surface area contributed by atoms with Crippen molar-refractivity contribution in [1.82, 2.24) is 14.9 Å². The van der Waals surface area contributed by atoms with Crippen molar-refractivity contribution >= 4 is 5.82 Å². The highest BCUT2D eigenvalue weighted by Gasteiger charge is 2.19. The van der Waals surface area contributed by atoms with Crippen LogP contribution in [0.2, 0.25) is 0 Å². The van der Waals surface area contributed by atoms with Gasteiger partial charge in [-0.3, -0.25) is 4.98 Å². The molecular formula is C11H18N4. The summed E-state index contributed by atoms with van der Waals surface area (Å²) in [4.78, 5) is 10.6. The van der Waals surface area contributed by atoms with Crippen molar-refractivity contribution in [2.75, 3.05) is 19.3 Å². The summed E-state index contributed by atoms with van der Waals surface area (Å²) in [5, 5.41) is 0. The van der Waals surface area contributed by atoms with Gasteiger partial charge in [-0.15, -0.1) is 0 Å². The largest absolute Gasteiger partial charge is 0.382 e. The van der Waals surface area contributed by atoms with E-state index in [0.29, 0.717) is 5.82 Å². The second kappa shape index (κ2) is 4.57. The maximum Gasteiger partial charge on any atom is 0.141 e. The molecule has 1 heterocycles. The van der Waals surface area contributed by atoms with E-state index in [0.717, 1.165) is 18.2 Å². The molecule has 1 aromatic rings. The Morgan fingerprint density at radius 3 is 2.73 bits per heavy atom. The minimum Gasteiger partial charge on any atom is -0.382 e. The van der Waals surface area contributed by atoms with E-state index >= 15 is 0 Å². The summed E-state index contributed by atoms with van der Waals surface area (Å²) in [5.41, 5.74) is 6.47. The average molecular weight is 206 g/mol. The van der Waals surface area contributed by atoms with Crippen molar-refractivity contribution in [3.8, 4) is 0 Å². The van der Waals surface area contributed by atoms with Crippen LogP contribution < -0.4 is 5.73 Å². The van der Waals surface area contributed by atoms with Gasteiger partial charge in [0.1, 0.15) is 5.82 Å². The molecule has 82 valence electrons. The summed E-state index contributed by atoms with van der Waals surface area (Å²) in [6, 6.07) is 0. The van der Waals surface area contributed by atoms with E-state index in [-0.39, 0.29) is 0 Å². The molecule has 2 N–H and O–H groups in total. The SMILES string of the molecule is CN(Cc1cnc(N)cn1)CC1CCC1. The van der Waals surface area contributed by atoms with Crippen LogP contribution in [0.25, 0.3) is 0 Å². The van der Waals surface area contributed by atoms with Crippen molar-refractivity contribution < 1.29 is 0 Å². The average Bonchev–Trinajstić information content (AvgIpc) is 2.16. The van der Waals surface area contributed by atoms with Crippen molar-refractivity contribution in [2.24, 2.45) is 5.92 Å². The third-order valence-corrected chi connectivity index (χ3v) is 2.95. The fourth-order valence-electron chi connectivity index (χ4n) is 1.90. The molecule has 4 heteroatoms. The summed E-state index contributed by atoms with van der Waals surface area (Å²) in [6.07, 6.45) is 7.55. The van der Waals surface area contributed by atoms with Crippen LogP contribution in [0.1, 0.15) is 25.0 Å². The van der Waals surface area contributed by atoms with Gasteiger partial charge in [0.25, 0.3) is 0 Å². The zero-order valence-corrected chi connectivity index (χ0v) is 9.19. The number of hydrogen-bond donors (Lipinski definition) is 1. The van der Waals surface area contributed by atoms with Gasteiger partial charge >= 0.3 is 0 Å². The highest BCUT2D eigenvalue weighted by Crippen LogP contribution is 2.26. The van der Waals surface area contributed by atoms with Crippen LogP contribution in [0.3, 0.4) is 0 Å². The fraction of sp³-hybridized carbons (Fsp3) is 0.636. The first kappa shape index (κ1) is 10.4. The van der Waals surface area contributed by atoms with Gasteiger partial charge in [-0.1, -0.05) is 6.42 Å². The van der Waals surface area contributed by atoms with Crippen LogP contribution in [0.15, 0.2) is 12.4 Å². The highest BCUT2D eigenvalue weighted by molar-refractivity contribution is 5.22. The molecule has 1 aliphatic carbocycles. The van der Waals surface area contributed by atoms with Crippen LogP contribution in [0.5, 0.6) is 0 Å². The highest BCUT2D eigenvalue weighted by atomic mass is 15.1. The number of aromatic nitrogens is 2. The van der Waals surface area contributed by atoms with Crippen molar-refractivity contribution in [1.29, 1.82) is 0 Å². The molecule has 1 aromatic heterocycles. The van der Waals surface area contributed by atoms with Crippen LogP contribution in [-0.4, -0.2) is 28.5 Å². The molecule has 0 unspecified atom stereocenters. The lowest BCUT2D eigenvalue weighted by Crippen LogP contribution is -2.29. The van der Waals surface area contributed by atoms with Crippen molar-refractivity contribution in [2.45, 2.75) is 25.8 Å². The molecule has 0 aliphatic heterocycles. The third kappa shape index (κ3) is 2.89. The predicted molar refractivity (Wildman–Crippen MR) is 60.1 cm³/mol. The Hall–Kier alpha value is -1.16. The lowest BCUT2D eigenvalue weighted by Gasteiger charge is -2.29. The van der Waals surface area contributed by atoms with Gasteiger partial charge in [0.15, 0.2) is 0 Å². The Bertz CT molecular complexity index is 305. The molecule has 1 saturated carbocycles. The molecule has 0 spiro atoms. The topological polar surface area (TPSA) is 55.0 Å². The molecular weight excluding hydrogens is 188 g/mol. The molecule has 2 rings (SSSR count). The standard InChI is InChI=1S/C11H18N4/c1-15(7-9-3-2-4-9)8-10-5-14-11(12)6-13-10/h5-6,9H,2-4,7-8H2,1H3,(H2,12,14). The van der Waals surface area contributed by atoms with E-state index in [1.54, 1.807) is 12.4 Å². The number of nitrogen functional groups attached to an aromatic ring is 1. The fourth-order valence-corrected chi connectivity index (χ4v) is 1.90. The lowest BCUT2D eigenvalue weighted by atomic mass is 9.85. The Kier molecular flexibility index (Phi) is 3.16. The second-order valence-corrected chi connectivity index (χ2v) is 4.43. The number of hydrogen-bond acceptors (Lipinski definition) is 4. The molecule has 1 aliphatic rings. The van der Waals surface area contributed by atoms with E-state index in [9.17, 15) is 0 Å². The zero-order chi connectivity index (χ0) is 10.7. The first-order valence-electron chi connectivity index (χ1n) is 5.49. The maximum absolute atomic E-state index is 5.48. The summed E-state index contributed by atoms with van der Waals surface area (Å²) in [6.45, 7) is 2.04. The molecule has 0 atom stereocenters. The molecule has 0 amide bonds. The van der Waals surface area contributed by atoms with Gasteiger partial charge in [-0.25, -0.2) is 4.98 Å². The molecule has 0 saturated heterocycles. The Balaban J connectivity index is 1.82. The molecule has 4 nitrogen and oxygen atoms in total. The summed E-state index contributed by atoms with van der Waals surface area (Å²) < 4.78 is 0. The van der Waals surface area contributed by atoms with Gasteiger partial charge < -0.3 is 10.6 Å². The Labute approximate surface area is 90.5 Å². The minimum atomic E-state index is 0.486. The molecule has 0 radical (unpaired) electrons. The quantitative estimate of drug-likeness (QED) is 0.806. The van der Waals surface area contributed by atoms with Gasteiger partial charge in [0.05, 0.1) is 18.1 Å². The van der Waals surface area contributed by atoms with Crippen molar-refractivity contribution in [3.05, 3.63) is 18.1 Å². The van der Waals surface area contributed by atoms with E-state index in [2.05, 4.69) is 21.9 Å². The zero-order valence-electron chi connectivity index (χ0n) is 9.19. The summed E-state index contributed by atoms with van der Waals surface area (Å²) in [7, 11) is 2.14. The first-order chi connectivity index (χ1) is 7.24. The molecule has 0 bridgehead atoms. The van der Waals surface area contributed by atoms with Gasteiger partial charge in [0.2, 0.25) is 0 Å². The number of nitrogens with zero attached hydrogens (tertiary/aromatic N) is 3. The first-order valence-corrected chi connectivity index (χ1v) is 5.49. The van der Waals surface area contributed by atoms with E-state index in [1.807, 2.05) is 0 Å². The maximum atomic E-state index is 5.48. The predicted octanol–water partition coefficient (Wildman–Crippen LogP) is 1.29. The summed E-state index contributed by atoms with van der Waals surface area (Å²) in [5.74, 6) is 1.39. The number of anilines is 1. The Morgan fingerprint density at radius 2 is 2.20 bits per heavy atom. The molecule has 15 heavy (non-hydrogen) atoms. The normalized spacial score (nSPS) is 16.7. The molecule has 1 fully saturated rings. The van der Waals surface area contributed by atoms with Crippen LogP contribution in [0.4, 0.5) is 5.82 Å². The lowest BCUT2D eigenvalue weighted by molar-refractivity contribution is 0.199. The molecule has 0 aromatic carbocycles. The van der Waals surface area contributed by atoms with Crippen LogP contribution in [0, 0.1) is 5.92 Å². The van der Waals surface area contributed by atoms with Gasteiger partial charge in [0, 0.05) is 13.1 Å². The number of rotatable bonds is 4. The monoisotopic (exact) mass is 206 g/mol. The van der Waals surface area contributed by atoms with Crippen molar-refractivity contribution in [3.63, 3.8) is 0 Å². The van der Waals surface area contributed by atoms with E-state index in [1.165, 1.54) is 25.8 Å². The number of nitrogens with two attached hydrogens (primary N) is 1. The smallest absolute Gasteiger partial charge is 0.141 e. The third-order valence-electron chi connectivity index (χ3n) is 2.95. The van der Waals surface area contributed by atoms with Gasteiger partial charge in [-0.2, -0.15) is 0 Å². The second-order valence-electron chi connectivity index (χ2n) is 4.43. The Morgan fingerprint density at radius 1 is 1.40 bits per heavy atom. The van der Waals surface area contributed by atoms with Crippen LogP contribution >= 0.6 is 0 Å².